The number of carbonyl (C=O) groups excluding carboxylic acids is 1. The molecule has 2 N–H and O–H groups in total. The highest BCUT2D eigenvalue weighted by Gasteiger charge is 2.42. The van der Waals surface area contributed by atoms with Crippen molar-refractivity contribution < 1.29 is 19.7 Å². The summed E-state index contributed by atoms with van der Waals surface area (Å²) >= 11 is 0. The number of aliphatic hydroxyl groups excluding tert-OH is 2. The Morgan fingerprint density at radius 3 is 2.53 bits per heavy atom. The third kappa shape index (κ3) is 2.96. The first-order valence-electron chi connectivity index (χ1n) is 6.49. The van der Waals surface area contributed by atoms with E-state index in [2.05, 4.69) is 6.58 Å². The molecule has 1 aliphatic heterocycles. The zero-order valence-electron chi connectivity index (χ0n) is 11.3. The second-order valence-corrected chi connectivity index (χ2v) is 5.49. The van der Waals surface area contributed by atoms with Gasteiger partial charge >= 0.3 is 5.97 Å². The SMILES string of the molecule is C=C1C(=O)O[C@@H]2/C=C(\C)C[C@H](O)/C=C(/C)C[C@@H](O)[C@@H]12. The van der Waals surface area contributed by atoms with Gasteiger partial charge in [-0.25, -0.2) is 4.79 Å². The minimum absolute atomic E-state index is 0.329. The van der Waals surface area contributed by atoms with Crippen LogP contribution in [0.4, 0.5) is 0 Å². The number of aliphatic hydroxyl groups is 2. The van der Waals surface area contributed by atoms with Gasteiger partial charge in [0.15, 0.2) is 0 Å². The zero-order chi connectivity index (χ0) is 14.2. The summed E-state index contributed by atoms with van der Waals surface area (Å²) in [6.45, 7) is 7.47. The van der Waals surface area contributed by atoms with Gasteiger partial charge in [0.05, 0.1) is 18.1 Å². The van der Waals surface area contributed by atoms with E-state index in [9.17, 15) is 15.0 Å². The summed E-state index contributed by atoms with van der Waals surface area (Å²) in [7, 11) is 0. The molecule has 0 radical (unpaired) electrons. The minimum Gasteiger partial charge on any atom is -0.454 e. The van der Waals surface area contributed by atoms with Gasteiger partial charge in [-0.2, -0.15) is 0 Å². The van der Waals surface area contributed by atoms with Crippen LogP contribution in [0.1, 0.15) is 26.7 Å². The smallest absolute Gasteiger partial charge is 0.334 e. The van der Waals surface area contributed by atoms with Gasteiger partial charge in [0.2, 0.25) is 0 Å². The molecule has 1 aliphatic carbocycles. The second kappa shape index (κ2) is 5.31. The molecule has 0 amide bonds. The van der Waals surface area contributed by atoms with E-state index in [-0.39, 0.29) is 0 Å². The summed E-state index contributed by atoms with van der Waals surface area (Å²) in [5.41, 5.74) is 2.17. The molecule has 4 heteroatoms. The van der Waals surface area contributed by atoms with Crippen molar-refractivity contribution in [2.75, 3.05) is 0 Å². The van der Waals surface area contributed by atoms with Gasteiger partial charge in [-0.05, 0) is 32.8 Å². The van der Waals surface area contributed by atoms with Crippen molar-refractivity contribution in [1.29, 1.82) is 0 Å². The molecule has 0 saturated carbocycles. The third-order valence-corrected chi connectivity index (χ3v) is 3.66. The Balaban J connectivity index is 2.36. The highest BCUT2D eigenvalue weighted by molar-refractivity contribution is 5.91. The fraction of sp³-hybridized carbons (Fsp3) is 0.533. The zero-order valence-corrected chi connectivity index (χ0v) is 11.3. The Bertz CT molecular complexity index is 461. The van der Waals surface area contributed by atoms with Crippen molar-refractivity contribution in [2.45, 2.75) is 45.0 Å². The summed E-state index contributed by atoms with van der Waals surface area (Å²) in [4.78, 5) is 11.6. The maximum atomic E-state index is 11.6. The average molecular weight is 264 g/mol. The molecule has 1 fully saturated rings. The Hall–Kier alpha value is -1.39. The Morgan fingerprint density at radius 1 is 1.21 bits per heavy atom. The van der Waals surface area contributed by atoms with Crippen LogP contribution in [0.2, 0.25) is 0 Å². The third-order valence-electron chi connectivity index (χ3n) is 3.66. The molecule has 2 aliphatic rings. The first-order valence-corrected chi connectivity index (χ1v) is 6.49. The summed E-state index contributed by atoms with van der Waals surface area (Å²) in [5.74, 6) is -0.847. The average Bonchev–Trinajstić information content (AvgIpc) is 2.52. The molecule has 0 bridgehead atoms. The van der Waals surface area contributed by atoms with E-state index in [1.165, 1.54) is 0 Å². The highest BCUT2D eigenvalue weighted by atomic mass is 16.6. The number of ether oxygens (including phenoxy) is 1. The van der Waals surface area contributed by atoms with Crippen LogP contribution in [0, 0.1) is 5.92 Å². The predicted molar refractivity (Wildman–Crippen MR) is 71.3 cm³/mol. The van der Waals surface area contributed by atoms with Crippen molar-refractivity contribution in [3.05, 3.63) is 35.5 Å². The number of esters is 1. The van der Waals surface area contributed by atoms with Crippen LogP contribution >= 0.6 is 0 Å². The molecular formula is C15H20O4. The number of hydrogen-bond donors (Lipinski definition) is 2. The molecule has 19 heavy (non-hydrogen) atoms. The van der Waals surface area contributed by atoms with E-state index < -0.39 is 30.2 Å². The maximum absolute atomic E-state index is 11.6. The van der Waals surface area contributed by atoms with E-state index in [1.54, 1.807) is 6.08 Å². The molecule has 0 aromatic heterocycles. The summed E-state index contributed by atoms with van der Waals surface area (Å²) in [6, 6.07) is 0. The van der Waals surface area contributed by atoms with Crippen molar-refractivity contribution in [1.82, 2.24) is 0 Å². The molecule has 0 unspecified atom stereocenters. The van der Waals surface area contributed by atoms with Crippen molar-refractivity contribution in [3.8, 4) is 0 Å². The van der Waals surface area contributed by atoms with E-state index >= 15 is 0 Å². The Morgan fingerprint density at radius 2 is 1.84 bits per heavy atom. The van der Waals surface area contributed by atoms with E-state index in [0.717, 1.165) is 11.1 Å². The fourth-order valence-corrected chi connectivity index (χ4v) is 2.79. The van der Waals surface area contributed by atoms with Gasteiger partial charge in [0.25, 0.3) is 0 Å². The molecule has 1 saturated heterocycles. The molecule has 4 atom stereocenters. The normalized spacial score (nSPS) is 41.7. The lowest BCUT2D eigenvalue weighted by Crippen LogP contribution is -2.29. The Kier molecular flexibility index (Phi) is 3.92. The predicted octanol–water partition coefficient (Wildman–Crippen LogP) is 1.49. The first kappa shape index (κ1) is 14.0. The van der Waals surface area contributed by atoms with Crippen LogP contribution < -0.4 is 0 Å². The van der Waals surface area contributed by atoms with Gasteiger partial charge in [0, 0.05) is 5.57 Å². The molecule has 0 spiro atoms. The number of rotatable bonds is 0. The maximum Gasteiger partial charge on any atom is 0.334 e. The van der Waals surface area contributed by atoms with Gasteiger partial charge in [-0.15, -0.1) is 0 Å². The fourth-order valence-electron chi connectivity index (χ4n) is 2.79. The van der Waals surface area contributed by atoms with Crippen molar-refractivity contribution >= 4 is 5.97 Å². The molecular weight excluding hydrogens is 244 g/mol. The number of hydrogen-bond acceptors (Lipinski definition) is 4. The van der Waals surface area contributed by atoms with E-state index in [1.807, 2.05) is 19.9 Å². The van der Waals surface area contributed by atoms with Crippen LogP contribution in [-0.2, 0) is 9.53 Å². The van der Waals surface area contributed by atoms with Gasteiger partial charge in [0.1, 0.15) is 6.10 Å². The van der Waals surface area contributed by atoms with E-state index in [0.29, 0.717) is 18.4 Å². The summed E-state index contributed by atoms with van der Waals surface area (Å²) in [5, 5.41) is 20.2. The number of fused-ring (bicyclic) bond motifs is 1. The van der Waals surface area contributed by atoms with Crippen LogP contribution in [0.15, 0.2) is 35.5 Å². The van der Waals surface area contributed by atoms with Gasteiger partial charge in [-0.1, -0.05) is 23.8 Å². The summed E-state index contributed by atoms with van der Waals surface area (Å²) in [6.07, 6.45) is 2.69. The largest absolute Gasteiger partial charge is 0.454 e. The Labute approximate surface area is 113 Å². The van der Waals surface area contributed by atoms with Crippen LogP contribution in [0.25, 0.3) is 0 Å². The molecule has 104 valence electrons. The van der Waals surface area contributed by atoms with Gasteiger partial charge < -0.3 is 14.9 Å². The lowest BCUT2D eigenvalue weighted by Gasteiger charge is -2.23. The van der Waals surface area contributed by atoms with Crippen LogP contribution in [-0.4, -0.2) is 34.5 Å². The standard InChI is InChI=1S/C15H20O4/c1-8-4-11(16)5-9(2)7-13-14(12(17)6-8)10(3)15(18)19-13/h4,7,11-14,16-17H,3,5-6H2,1-2H3/b8-4-,9-7+/t11-,12-,13-,14-/m1/s1. The van der Waals surface area contributed by atoms with Gasteiger partial charge in [-0.3, -0.25) is 0 Å². The molecule has 2 rings (SSSR count). The molecule has 0 aromatic carbocycles. The lowest BCUT2D eigenvalue weighted by molar-refractivity contribution is -0.137. The molecule has 0 aromatic rings. The first-order chi connectivity index (χ1) is 8.88. The molecule has 1 heterocycles. The minimum atomic E-state index is -0.727. The monoisotopic (exact) mass is 264 g/mol. The van der Waals surface area contributed by atoms with Crippen molar-refractivity contribution in [3.63, 3.8) is 0 Å². The topological polar surface area (TPSA) is 66.8 Å². The quantitative estimate of drug-likeness (QED) is 0.395. The lowest BCUT2D eigenvalue weighted by atomic mass is 9.85. The van der Waals surface area contributed by atoms with E-state index in [4.69, 9.17) is 4.74 Å². The van der Waals surface area contributed by atoms with Crippen LogP contribution in [0.5, 0.6) is 0 Å². The highest BCUT2D eigenvalue weighted by Crippen LogP contribution is 2.34. The number of carbonyl (C=O) groups is 1. The second-order valence-electron chi connectivity index (χ2n) is 5.49. The van der Waals surface area contributed by atoms with Crippen molar-refractivity contribution in [2.24, 2.45) is 5.92 Å². The molecule has 4 nitrogen and oxygen atoms in total. The summed E-state index contributed by atoms with van der Waals surface area (Å²) < 4.78 is 5.24. The van der Waals surface area contributed by atoms with Crippen LogP contribution in [0.3, 0.4) is 0 Å².